The molecule has 2 heterocycles. The van der Waals surface area contributed by atoms with Crippen molar-refractivity contribution in [2.45, 2.75) is 26.4 Å². The molecule has 1 atom stereocenters. The SMILES string of the molecule is Cc1ccc(C)c(/C(O)=C2\C(=O)C(=O)N(Cc3ccncc3)C2c2ccc(Br)cc2)c1. The number of carbonyl (C=O) groups is 2. The lowest BCUT2D eigenvalue weighted by Gasteiger charge is -2.25. The Kier molecular flexibility index (Phi) is 5.74. The molecule has 0 bridgehead atoms. The molecule has 0 saturated carbocycles. The number of pyridine rings is 1. The number of aryl methyl sites for hydroxylation is 2. The van der Waals surface area contributed by atoms with E-state index in [1.165, 1.54) is 4.90 Å². The quantitative estimate of drug-likeness (QED) is 0.323. The zero-order valence-corrected chi connectivity index (χ0v) is 18.8. The van der Waals surface area contributed by atoms with E-state index >= 15 is 0 Å². The van der Waals surface area contributed by atoms with Gasteiger partial charge in [0.15, 0.2) is 0 Å². The zero-order valence-electron chi connectivity index (χ0n) is 17.2. The number of halogens is 1. The summed E-state index contributed by atoms with van der Waals surface area (Å²) in [5.41, 5.74) is 4.06. The van der Waals surface area contributed by atoms with E-state index < -0.39 is 17.7 Å². The molecule has 31 heavy (non-hydrogen) atoms. The van der Waals surface area contributed by atoms with Gasteiger partial charge in [0.2, 0.25) is 0 Å². The van der Waals surface area contributed by atoms with Crippen LogP contribution in [0, 0.1) is 13.8 Å². The fourth-order valence-electron chi connectivity index (χ4n) is 3.86. The molecule has 1 N–H and O–H groups in total. The molecule has 6 heteroatoms. The Bertz CT molecular complexity index is 1190. The second-order valence-corrected chi connectivity index (χ2v) is 8.57. The van der Waals surface area contributed by atoms with E-state index in [1.807, 2.05) is 68.4 Å². The third-order valence-corrected chi connectivity index (χ3v) is 6.00. The maximum Gasteiger partial charge on any atom is 0.295 e. The van der Waals surface area contributed by atoms with Gasteiger partial charge in [-0.15, -0.1) is 0 Å². The van der Waals surface area contributed by atoms with Crippen molar-refractivity contribution in [2.24, 2.45) is 0 Å². The molecule has 1 amide bonds. The first kappa shape index (κ1) is 21.0. The number of aliphatic hydroxyl groups is 1. The first-order valence-corrected chi connectivity index (χ1v) is 10.7. The predicted octanol–water partition coefficient (Wildman–Crippen LogP) is 5.08. The van der Waals surface area contributed by atoms with Crippen LogP contribution in [0.4, 0.5) is 0 Å². The molecule has 1 aromatic heterocycles. The van der Waals surface area contributed by atoms with Crippen LogP contribution in [-0.2, 0) is 16.1 Å². The maximum atomic E-state index is 13.1. The summed E-state index contributed by atoms with van der Waals surface area (Å²) in [5, 5.41) is 11.2. The highest BCUT2D eigenvalue weighted by atomic mass is 79.9. The normalized spacial score (nSPS) is 17.9. The highest BCUT2D eigenvalue weighted by Gasteiger charge is 2.46. The van der Waals surface area contributed by atoms with Crippen LogP contribution >= 0.6 is 15.9 Å². The van der Waals surface area contributed by atoms with Crippen LogP contribution in [0.25, 0.3) is 5.76 Å². The monoisotopic (exact) mass is 476 g/mol. The lowest BCUT2D eigenvalue weighted by Crippen LogP contribution is -2.29. The fraction of sp³-hybridized carbons (Fsp3) is 0.160. The number of amides is 1. The smallest absolute Gasteiger partial charge is 0.295 e. The van der Waals surface area contributed by atoms with Crippen molar-refractivity contribution in [3.05, 3.63) is 105 Å². The van der Waals surface area contributed by atoms with Gasteiger partial charge < -0.3 is 10.0 Å². The van der Waals surface area contributed by atoms with Gasteiger partial charge in [-0.05, 0) is 60.9 Å². The second kappa shape index (κ2) is 8.47. The number of hydrogen-bond acceptors (Lipinski definition) is 4. The van der Waals surface area contributed by atoms with E-state index in [9.17, 15) is 14.7 Å². The second-order valence-electron chi connectivity index (χ2n) is 7.65. The summed E-state index contributed by atoms with van der Waals surface area (Å²) in [6.45, 7) is 4.03. The van der Waals surface area contributed by atoms with Crippen molar-refractivity contribution in [3.8, 4) is 0 Å². The summed E-state index contributed by atoms with van der Waals surface area (Å²) in [6, 6.07) is 16.0. The number of aromatic nitrogens is 1. The van der Waals surface area contributed by atoms with Crippen molar-refractivity contribution in [1.29, 1.82) is 0 Å². The Morgan fingerprint density at radius 1 is 1.03 bits per heavy atom. The molecular weight excluding hydrogens is 456 g/mol. The third kappa shape index (κ3) is 4.03. The lowest BCUT2D eigenvalue weighted by atomic mass is 9.93. The van der Waals surface area contributed by atoms with Crippen molar-refractivity contribution >= 4 is 33.4 Å². The Morgan fingerprint density at radius 2 is 1.71 bits per heavy atom. The molecule has 1 saturated heterocycles. The van der Waals surface area contributed by atoms with Gasteiger partial charge in [-0.2, -0.15) is 0 Å². The minimum absolute atomic E-state index is 0.107. The Hall–Kier alpha value is -3.25. The van der Waals surface area contributed by atoms with Crippen molar-refractivity contribution in [3.63, 3.8) is 0 Å². The molecule has 0 spiro atoms. The number of ketones is 1. The molecule has 0 aliphatic carbocycles. The summed E-state index contributed by atoms with van der Waals surface area (Å²) < 4.78 is 0.886. The molecule has 1 unspecified atom stereocenters. The van der Waals surface area contributed by atoms with E-state index in [4.69, 9.17) is 0 Å². The number of Topliss-reactive ketones (excluding diaryl/α,β-unsaturated/α-hetero) is 1. The highest BCUT2D eigenvalue weighted by Crippen LogP contribution is 2.41. The standard InChI is InChI=1S/C25H21BrN2O3/c1-15-3-4-16(2)20(13-15)23(29)21-22(18-5-7-19(26)8-6-18)28(25(31)24(21)30)14-17-9-11-27-12-10-17/h3-13,22,29H,14H2,1-2H3/b23-21+. The molecule has 1 aliphatic rings. The Balaban J connectivity index is 1.90. The summed E-state index contributed by atoms with van der Waals surface area (Å²) in [5.74, 6) is -1.46. The van der Waals surface area contributed by atoms with Crippen molar-refractivity contribution in [1.82, 2.24) is 9.88 Å². The molecule has 3 aromatic rings. The fourth-order valence-corrected chi connectivity index (χ4v) is 4.12. The number of aliphatic hydroxyl groups excluding tert-OH is 1. The molecule has 4 rings (SSSR count). The van der Waals surface area contributed by atoms with Gasteiger partial charge in [-0.1, -0.05) is 45.8 Å². The minimum atomic E-state index is -0.693. The summed E-state index contributed by atoms with van der Waals surface area (Å²) in [4.78, 5) is 31.7. The van der Waals surface area contributed by atoms with Crippen LogP contribution in [0.15, 0.2) is 77.0 Å². The van der Waals surface area contributed by atoms with E-state index in [-0.39, 0.29) is 17.9 Å². The molecule has 5 nitrogen and oxygen atoms in total. The maximum absolute atomic E-state index is 13.1. The summed E-state index contributed by atoms with van der Waals surface area (Å²) in [7, 11) is 0. The average molecular weight is 477 g/mol. The molecule has 0 radical (unpaired) electrons. The molecular formula is C25H21BrN2O3. The molecule has 2 aromatic carbocycles. The zero-order chi connectivity index (χ0) is 22.1. The van der Waals surface area contributed by atoms with Gasteiger partial charge in [0, 0.05) is 29.0 Å². The van der Waals surface area contributed by atoms with Crippen LogP contribution in [0.2, 0.25) is 0 Å². The molecule has 1 aliphatic heterocycles. The van der Waals surface area contributed by atoms with Gasteiger partial charge in [-0.3, -0.25) is 14.6 Å². The van der Waals surface area contributed by atoms with Crippen LogP contribution < -0.4 is 0 Å². The molecule has 1 fully saturated rings. The first-order valence-electron chi connectivity index (χ1n) is 9.87. The Morgan fingerprint density at radius 3 is 2.39 bits per heavy atom. The number of benzene rings is 2. The van der Waals surface area contributed by atoms with E-state index in [2.05, 4.69) is 20.9 Å². The average Bonchev–Trinajstić information content (AvgIpc) is 3.01. The first-order chi connectivity index (χ1) is 14.9. The van der Waals surface area contributed by atoms with Gasteiger partial charge in [0.1, 0.15) is 5.76 Å². The van der Waals surface area contributed by atoms with Crippen LogP contribution in [0.1, 0.15) is 33.9 Å². The summed E-state index contributed by atoms with van der Waals surface area (Å²) in [6.07, 6.45) is 3.30. The minimum Gasteiger partial charge on any atom is -0.507 e. The predicted molar refractivity (Wildman–Crippen MR) is 122 cm³/mol. The van der Waals surface area contributed by atoms with Gasteiger partial charge in [-0.25, -0.2) is 0 Å². The Labute approximate surface area is 189 Å². The van der Waals surface area contributed by atoms with Gasteiger partial charge in [0.25, 0.3) is 11.7 Å². The molecule has 156 valence electrons. The number of nitrogens with zero attached hydrogens (tertiary/aromatic N) is 2. The topological polar surface area (TPSA) is 70.5 Å². The lowest BCUT2D eigenvalue weighted by molar-refractivity contribution is -0.140. The van der Waals surface area contributed by atoms with Crippen LogP contribution in [-0.4, -0.2) is 26.7 Å². The van der Waals surface area contributed by atoms with Gasteiger partial charge in [0.05, 0.1) is 11.6 Å². The van der Waals surface area contributed by atoms with E-state index in [0.717, 1.165) is 26.7 Å². The highest BCUT2D eigenvalue weighted by molar-refractivity contribution is 9.10. The third-order valence-electron chi connectivity index (χ3n) is 5.48. The van der Waals surface area contributed by atoms with Gasteiger partial charge >= 0.3 is 0 Å². The summed E-state index contributed by atoms with van der Waals surface area (Å²) >= 11 is 3.43. The van der Waals surface area contributed by atoms with Crippen molar-refractivity contribution < 1.29 is 14.7 Å². The number of hydrogen-bond donors (Lipinski definition) is 1. The number of likely N-dealkylation sites (tertiary alicyclic amines) is 1. The van der Waals surface area contributed by atoms with E-state index in [0.29, 0.717) is 5.56 Å². The largest absolute Gasteiger partial charge is 0.507 e. The van der Waals surface area contributed by atoms with Crippen molar-refractivity contribution in [2.75, 3.05) is 0 Å². The number of carbonyl (C=O) groups excluding carboxylic acids is 2. The van der Waals surface area contributed by atoms with Crippen LogP contribution in [0.3, 0.4) is 0 Å². The van der Waals surface area contributed by atoms with E-state index in [1.54, 1.807) is 12.4 Å². The number of rotatable bonds is 4. The van der Waals surface area contributed by atoms with Crippen LogP contribution in [0.5, 0.6) is 0 Å².